The minimum absolute atomic E-state index is 0.0292. The Bertz CT molecular complexity index is 947. The molecule has 1 aliphatic rings. The first-order chi connectivity index (χ1) is 12.6. The molecular weight excluding hydrogens is 346 g/mol. The Labute approximate surface area is 156 Å². The van der Waals surface area contributed by atoms with Crippen molar-refractivity contribution in [2.45, 2.75) is 13.8 Å². The van der Waals surface area contributed by atoms with E-state index < -0.39 is 0 Å². The van der Waals surface area contributed by atoms with Crippen LogP contribution in [0, 0.1) is 12.8 Å². The lowest BCUT2D eigenvalue weighted by Crippen LogP contribution is -2.52. The molecule has 0 unspecified atom stereocenters. The third kappa shape index (κ3) is 3.24. The molecule has 3 aromatic rings. The van der Waals surface area contributed by atoms with E-state index in [1.165, 1.54) is 10.3 Å². The molecule has 0 radical (unpaired) electrons. The molecule has 6 heteroatoms. The van der Waals surface area contributed by atoms with Crippen LogP contribution in [0.3, 0.4) is 0 Å². The number of nitrogens with one attached hydrogen (secondary N) is 1. The Morgan fingerprint density at radius 1 is 1.31 bits per heavy atom. The van der Waals surface area contributed by atoms with Gasteiger partial charge in [-0.3, -0.25) is 4.79 Å². The monoisotopic (exact) mass is 367 g/mol. The number of hydrogen-bond donors (Lipinski definition) is 1. The van der Waals surface area contributed by atoms with Crippen LogP contribution in [0.2, 0.25) is 0 Å². The highest BCUT2D eigenvalue weighted by atomic mass is 32.1. The molecule has 4 rings (SSSR count). The number of ether oxygens (including phenoxy) is 1. The predicted octanol–water partition coefficient (Wildman–Crippen LogP) is 4.08. The van der Waals surface area contributed by atoms with Crippen molar-refractivity contribution in [1.29, 1.82) is 0 Å². The van der Waals surface area contributed by atoms with Gasteiger partial charge in [0.25, 0.3) is 0 Å². The average molecular weight is 367 g/mol. The summed E-state index contributed by atoms with van der Waals surface area (Å²) >= 11 is 1.69. The molecule has 2 aromatic carbocycles. The van der Waals surface area contributed by atoms with E-state index in [2.05, 4.69) is 40.3 Å². The highest BCUT2D eigenvalue weighted by molar-refractivity contribution is 7.22. The molecule has 1 saturated heterocycles. The van der Waals surface area contributed by atoms with Crippen LogP contribution in [0.5, 0.6) is 5.75 Å². The molecular formula is C20H21N3O2S. The number of amides is 1. The molecule has 26 heavy (non-hydrogen) atoms. The topological polar surface area (TPSA) is 54.5 Å². The lowest BCUT2D eigenvalue weighted by atomic mass is 10.00. The summed E-state index contributed by atoms with van der Waals surface area (Å²) in [6.07, 6.45) is 0. The van der Waals surface area contributed by atoms with E-state index in [9.17, 15) is 4.79 Å². The molecule has 1 aliphatic heterocycles. The van der Waals surface area contributed by atoms with E-state index in [0.29, 0.717) is 25.4 Å². The molecule has 0 bridgehead atoms. The first-order valence-electron chi connectivity index (χ1n) is 8.79. The maximum Gasteiger partial charge on any atom is 0.231 e. The van der Waals surface area contributed by atoms with Crippen molar-refractivity contribution in [2.75, 3.05) is 29.9 Å². The highest BCUT2D eigenvalue weighted by Gasteiger charge is 2.34. The SMILES string of the molecule is CCOc1ccccc1NC(=O)C1CN(c2nc3ccc(C)cc3s2)C1. The Morgan fingerprint density at radius 2 is 2.12 bits per heavy atom. The Balaban J connectivity index is 1.40. The fourth-order valence-corrected chi connectivity index (χ4v) is 4.12. The van der Waals surface area contributed by atoms with Crippen LogP contribution in [0.15, 0.2) is 42.5 Å². The van der Waals surface area contributed by atoms with Gasteiger partial charge in [-0.15, -0.1) is 0 Å². The van der Waals surface area contributed by atoms with Gasteiger partial charge in [-0.1, -0.05) is 29.5 Å². The number of benzene rings is 2. The molecule has 0 atom stereocenters. The van der Waals surface area contributed by atoms with Crippen LogP contribution < -0.4 is 15.0 Å². The number of anilines is 2. The Kier molecular flexibility index (Phi) is 4.51. The minimum atomic E-state index is -0.0292. The zero-order chi connectivity index (χ0) is 18.1. The molecule has 0 spiro atoms. The second kappa shape index (κ2) is 6.96. The van der Waals surface area contributed by atoms with Crippen LogP contribution in [-0.4, -0.2) is 30.6 Å². The van der Waals surface area contributed by atoms with E-state index in [1.54, 1.807) is 11.3 Å². The van der Waals surface area contributed by atoms with E-state index in [-0.39, 0.29) is 11.8 Å². The van der Waals surface area contributed by atoms with Crippen LogP contribution in [-0.2, 0) is 4.79 Å². The molecule has 2 heterocycles. The van der Waals surface area contributed by atoms with E-state index in [4.69, 9.17) is 4.74 Å². The smallest absolute Gasteiger partial charge is 0.231 e. The number of aromatic nitrogens is 1. The minimum Gasteiger partial charge on any atom is -0.492 e. The van der Waals surface area contributed by atoms with E-state index >= 15 is 0 Å². The lowest BCUT2D eigenvalue weighted by Gasteiger charge is -2.38. The second-order valence-electron chi connectivity index (χ2n) is 6.49. The predicted molar refractivity (Wildman–Crippen MR) is 106 cm³/mol. The summed E-state index contributed by atoms with van der Waals surface area (Å²) in [4.78, 5) is 19.4. The summed E-state index contributed by atoms with van der Waals surface area (Å²) in [6.45, 7) is 5.98. The van der Waals surface area contributed by atoms with Gasteiger partial charge in [0.15, 0.2) is 5.13 Å². The van der Waals surface area contributed by atoms with Crippen LogP contribution in [0.4, 0.5) is 10.8 Å². The number of carbonyl (C=O) groups excluding carboxylic acids is 1. The Hall–Kier alpha value is -2.60. The van der Waals surface area contributed by atoms with Crippen molar-refractivity contribution in [2.24, 2.45) is 5.92 Å². The van der Waals surface area contributed by atoms with E-state index in [0.717, 1.165) is 16.3 Å². The molecule has 0 saturated carbocycles. The van der Waals surface area contributed by atoms with Crippen LogP contribution >= 0.6 is 11.3 Å². The normalized spacial score (nSPS) is 14.3. The zero-order valence-electron chi connectivity index (χ0n) is 14.9. The first kappa shape index (κ1) is 16.8. The molecule has 1 fully saturated rings. The number of carbonyl (C=O) groups is 1. The van der Waals surface area contributed by atoms with Gasteiger partial charge in [-0.05, 0) is 43.7 Å². The summed E-state index contributed by atoms with van der Waals surface area (Å²) in [5.74, 6) is 0.713. The third-order valence-corrected chi connectivity index (χ3v) is 5.58. The molecule has 1 N–H and O–H groups in total. The fraction of sp³-hybridized carbons (Fsp3) is 0.300. The largest absolute Gasteiger partial charge is 0.492 e. The van der Waals surface area contributed by atoms with Crippen molar-refractivity contribution in [3.63, 3.8) is 0 Å². The number of fused-ring (bicyclic) bond motifs is 1. The third-order valence-electron chi connectivity index (χ3n) is 4.50. The van der Waals surface area contributed by atoms with Crippen molar-refractivity contribution >= 4 is 38.3 Å². The van der Waals surface area contributed by atoms with Gasteiger partial charge in [-0.25, -0.2) is 4.98 Å². The van der Waals surface area contributed by atoms with Crippen molar-refractivity contribution in [1.82, 2.24) is 4.98 Å². The quantitative estimate of drug-likeness (QED) is 0.738. The molecule has 1 aromatic heterocycles. The number of nitrogens with zero attached hydrogens (tertiary/aromatic N) is 2. The number of para-hydroxylation sites is 2. The van der Waals surface area contributed by atoms with Gasteiger partial charge in [0.1, 0.15) is 5.75 Å². The molecule has 0 aliphatic carbocycles. The average Bonchev–Trinajstić information content (AvgIpc) is 2.98. The molecule has 134 valence electrons. The zero-order valence-corrected chi connectivity index (χ0v) is 15.7. The lowest BCUT2D eigenvalue weighted by molar-refractivity contribution is -0.120. The Morgan fingerprint density at radius 3 is 2.92 bits per heavy atom. The molecule has 5 nitrogen and oxygen atoms in total. The first-order valence-corrected chi connectivity index (χ1v) is 9.60. The summed E-state index contributed by atoms with van der Waals surface area (Å²) in [7, 11) is 0. The van der Waals surface area contributed by atoms with Crippen molar-refractivity contribution < 1.29 is 9.53 Å². The summed E-state index contributed by atoms with van der Waals surface area (Å²) in [5, 5.41) is 3.99. The number of hydrogen-bond acceptors (Lipinski definition) is 5. The maximum atomic E-state index is 12.5. The van der Waals surface area contributed by atoms with E-state index in [1.807, 2.05) is 31.2 Å². The van der Waals surface area contributed by atoms with Crippen molar-refractivity contribution in [3.8, 4) is 5.75 Å². The fourth-order valence-electron chi connectivity index (χ4n) is 3.04. The van der Waals surface area contributed by atoms with Gasteiger partial charge in [0.2, 0.25) is 5.91 Å². The van der Waals surface area contributed by atoms with Gasteiger partial charge < -0.3 is 15.0 Å². The highest BCUT2D eigenvalue weighted by Crippen LogP contribution is 2.34. The number of aryl methyl sites for hydroxylation is 1. The van der Waals surface area contributed by atoms with Crippen LogP contribution in [0.1, 0.15) is 12.5 Å². The van der Waals surface area contributed by atoms with Gasteiger partial charge in [-0.2, -0.15) is 0 Å². The van der Waals surface area contributed by atoms with Gasteiger partial charge in [0.05, 0.1) is 28.4 Å². The van der Waals surface area contributed by atoms with Gasteiger partial charge in [0, 0.05) is 13.1 Å². The second-order valence-corrected chi connectivity index (χ2v) is 7.50. The number of thiazole rings is 1. The molecule has 1 amide bonds. The standard InChI is InChI=1S/C20H21N3O2S/c1-3-25-17-7-5-4-6-15(17)21-19(24)14-11-23(12-14)20-22-16-9-8-13(2)10-18(16)26-20/h4-10,14H,3,11-12H2,1-2H3,(H,21,24). The van der Waals surface area contributed by atoms with Gasteiger partial charge >= 0.3 is 0 Å². The van der Waals surface area contributed by atoms with Crippen molar-refractivity contribution in [3.05, 3.63) is 48.0 Å². The number of rotatable bonds is 5. The summed E-state index contributed by atoms with van der Waals surface area (Å²) in [6, 6.07) is 13.8. The summed E-state index contributed by atoms with van der Waals surface area (Å²) < 4.78 is 6.76. The summed E-state index contributed by atoms with van der Waals surface area (Å²) in [5.41, 5.74) is 2.99. The maximum absolute atomic E-state index is 12.5. The van der Waals surface area contributed by atoms with Crippen LogP contribution in [0.25, 0.3) is 10.2 Å².